The Morgan fingerprint density at radius 3 is 2.25 bits per heavy atom. The van der Waals surface area contributed by atoms with Crippen molar-refractivity contribution in [2.45, 2.75) is 38.7 Å². The highest BCUT2D eigenvalue weighted by atomic mass is 19.3. The lowest BCUT2D eigenvalue weighted by atomic mass is 9.84. The fraction of sp³-hybridized carbons (Fsp3) is 0.538. The van der Waals surface area contributed by atoms with E-state index in [2.05, 4.69) is 5.32 Å². The van der Waals surface area contributed by atoms with Crippen LogP contribution < -0.4 is 5.32 Å². The first-order chi connectivity index (χ1) is 7.43. The Hall–Kier alpha value is -0.960. The summed E-state index contributed by atoms with van der Waals surface area (Å²) in [5.41, 5.74) is 1.02. The van der Waals surface area contributed by atoms with E-state index in [1.165, 1.54) is 6.92 Å². The normalized spacial score (nSPS) is 14.1. The van der Waals surface area contributed by atoms with Crippen LogP contribution in [0.3, 0.4) is 0 Å². The van der Waals surface area contributed by atoms with Gasteiger partial charge in [0, 0.05) is 12.0 Å². The second kappa shape index (κ2) is 5.39. The number of halogens is 2. The molecule has 1 N–H and O–H groups in total. The first kappa shape index (κ1) is 13.1. The lowest BCUT2D eigenvalue weighted by Crippen LogP contribution is -2.41. The summed E-state index contributed by atoms with van der Waals surface area (Å²) in [5, 5.41) is 2.87. The minimum Gasteiger partial charge on any atom is -0.308 e. The van der Waals surface area contributed by atoms with Crippen molar-refractivity contribution >= 4 is 0 Å². The molecule has 1 aromatic carbocycles. The smallest absolute Gasteiger partial charge is 0.253 e. The number of rotatable bonds is 5. The van der Waals surface area contributed by atoms with Crippen molar-refractivity contribution in [2.75, 3.05) is 6.54 Å². The van der Waals surface area contributed by atoms with Crippen LogP contribution >= 0.6 is 0 Å². The SMILES string of the molecule is CC(NCC(C)(C)c1ccccc1)C(F)F. The molecule has 0 aromatic heterocycles. The van der Waals surface area contributed by atoms with E-state index in [0.29, 0.717) is 6.54 Å². The van der Waals surface area contributed by atoms with Crippen LogP contribution in [0.25, 0.3) is 0 Å². The highest BCUT2D eigenvalue weighted by Gasteiger charge is 2.22. The van der Waals surface area contributed by atoms with Gasteiger partial charge in [-0.05, 0) is 12.5 Å². The lowest BCUT2D eigenvalue weighted by molar-refractivity contribution is 0.103. The molecule has 16 heavy (non-hydrogen) atoms. The Balaban J connectivity index is 2.59. The zero-order valence-electron chi connectivity index (χ0n) is 10.0. The quantitative estimate of drug-likeness (QED) is 0.814. The number of hydrogen-bond donors (Lipinski definition) is 1. The van der Waals surface area contributed by atoms with Gasteiger partial charge in [0.1, 0.15) is 0 Å². The van der Waals surface area contributed by atoms with Crippen LogP contribution in [0.1, 0.15) is 26.3 Å². The average molecular weight is 227 g/mol. The highest BCUT2D eigenvalue weighted by molar-refractivity contribution is 5.23. The van der Waals surface area contributed by atoms with Crippen molar-refractivity contribution in [2.24, 2.45) is 0 Å². The predicted octanol–water partition coefficient (Wildman–Crippen LogP) is 3.21. The minimum absolute atomic E-state index is 0.135. The third-order valence-electron chi connectivity index (χ3n) is 2.80. The number of benzene rings is 1. The van der Waals surface area contributed by atoms with Crippen molar-refractivity contribution < 1.29 is 8.78 Å². The first-order valence-corrected chi connectivity index (χ1v) is 5.50. The standard InChI is InChI=1S/C13H19F2N/c1-10(12(14)15)16-9-13(2,3)11-7-5-4-6-8-11/h4-8,10,12,16H,9H2,1-3H3. The van der Waals surface area contributed by atoms with Crippen LogP contribution in [0, 0.1) is 0 Å². The summed E-state index contributed by atoms with van der Waals surface area (Å²) in [5.74, 6) is 0. The molecule has 1 unspecified atom stereocenters. The maximum atomic E-state index is 12.3. The van der Waals surface area contributed by atoms with Crippen molar-refractivity contribution in [3.8, 4) is 0 Å². The van der Waals surface area contributed by atoms with Gasteiger partial charge in [0.2, 0.25) is 0 Å². The molecule has 1 rings (SSSR count). The van der Waals surface area contributed by atoms with Crippen LogP contribution in [-0.4, -0.2) is 19.0 Å². The topological polar surface area (TPSA) is 12.0 Å². The molecular formula is C13H19F2N. The average Bonchev–Trinajstić information content (AvgIpc) is 2.27. The summed E-state index contributed by atoms with van der Waals surface area (Å²) in [4.78, 5) is 0. The van der Waals surface area contributed by atoms with E-state index in [0.717, 1.165) is 5.56 Å². The molecule has 0 amide bonds. The van der Waals surface area contributed by atoms with Crippen LogP contribution in [0.4, 0.5) is 8.78 Å². The summed E-state index contributed by atoms with van der Waals surface area (Å²) in [6, 6.07) is 9.17. The van der Waals surface area contributed by atoms with Gasteiger partial charge >= 0.3 is 0 Å². The third-order valence-corrected chi connectivity index (χ3v) is 2.80. The number of nitrogens with one attached hydrogen (secondary N) is 1. The van der Waals surface area contributed by atoms with E-state index < -0.39 is 12.5 Å². The van der Waals surface area contributed by atoms with Gasteiger partial charge in [0.25, 0.3) is 6.43 Å². The molecule has 1 aromatic rings. The minimum atomic E-state index is -2.31. The Bertz CT molecular complexity index is 309. The van der Waals surface area contributed by atoms with Gasteiger partial charge in [-0.1, -0.05) is 44.2 Å². The van der Waals surface area contributed by atoms with Gasteiger partial charge in [-0.3, -0.25) is 0 Å². The van der Waals surface area contributed by atoms with Gasteiger partial charge in [-0.25, -0.2) is 8.78 Å². The predicted molar refractivity (Wildman–Crippen MR) is 62.9 cm³/mol. The van der Waals surface area contributed by atoms with Crippen LogP contribution in [0.2, 0.25) is 0 Å². The zero-order chi connectivity index (χ0) is 12.2. The molecule has 90 valence electrons. The molecule has 1 atom stereocenters. The molecule has 1 nitrogen and oxygen atoms in total. The van der Waals surface area contributed by atoms with E-state index in [9.17, 15) is 8.78 Å². The molecule has 3 heteroatoms. The molecular weight excluding hydrogens is 208 g/mol. The van der Waals surface area contributed by atoms with Crippen molar-refractivity contribution in [3.05, 3.63) is 35.9 Å². The molecule has 0 spiro atoms. The molecule has 0 saturated heterocycles. The lowest BCUT2D eigenvalue weighted by Gasteiger charge is -2.27. The molecule has 0 radical (unpaired) electrons. The monoisotopic (exact) mass is 227 g/mol. The maximum Gasteiger partial charge on any atom is 0.253 e. The number of alkyl halides is 2. The van der Waals surface area contributed by atoms with E-state index in [4.69, 9.17) is 0 Å². The maximum absolute atomic E-state index is 12.3. The summed E-state index contributed by atoms with van der Waals surface area (Å²) >= 11 is 0. The fourth-order valence-corrected chi connectivity index (χ4v) is 1.50. The van der Waals surface area contributed by atoms with Gasteiger partial charge < -0.3 is 5.32 Å². The Labute approximate surface area is 95.9 Å². The Kier molecular flexibility index (Phi) is 4.42. The van der Waals surface area contributed by atoms with Crippen LogP contribution in [0.15, 0.2) is 30.3 Å². The van der Waals surface area contributed by atoms with E-state index in [1.807, 2.05) is 44.2 Å². The largest absolute Gasteiger partial charge is 0.308 e. The molecule has 0 aliphatic rings. The molecule has 0 fully saturated rings. The summed E-state index contributed by atoms with van der Waals surface area (Å²) in [7, 11) is 0. The first-order valence-electron chi connectivity index (χ1n) is 5.50. The highest BCUT2D eigenvalue weighted by Crippen LogP contribution is 2.22. The second-order valence-electron chi connectivity index (χ2n) is 4.75. The zero-order valence-corrected chi connectivity index (χ0v) is 10.0. The summed E-state index contributed by atoms with van der Waals surface area (Å²) in [6.45, 7) is 6.15. The Morgan fingerprint density at radius 1 is 1.19 bits per heavy atom. The summed E-state index contributed by atoms with van der Waals surface area (Å²) in [6.07, 6.45) is -2.31. The van der Waals surface area contributed by atoms with E-state index >= 15 is 0 Å². The van der Waals surface area contributed by atoms with Crippen LogP contribution in [-0.2, 0) is 5.41 Å². The third kappa shape index (κ3) is 3.56. The van der Waals surface area contributed by atoms with Crippen molar-refractivity contribution in [1.29, 1.82) is 0 Å². The van der Waals surface area contributed by atoms with Crippen LogP contribution in [0.5, 0.6) is 0 Å². The molecule has 0 aliphatic heterocycles. The van der Waals surface area contributed by atoms with Crippen molar-refractivity contribution in [3.63, 3.8) is 0 Å². The number of hydrogen-bond acceptors (Lipinski definition) is 1. The fourth-order valence-electron chi connectivity index (χ4n) is 1.50. The summed E-state index contributed by atoms with van der Waals surface area (Å²) < 4.78 is 24.7. The van der Waals surface area contributed by atoms with E-state index in [-0.39, 0.29) is 5.41 Å². The van der Waals surface area contributed by atoms with Gasteiger partial charge in [-0.15, -0.1) is 0 Å². The molecule has 0 saturated carbocycles. The van der Waals surface area contributed by atoms with Gasteiger partial charge in [0.15, 0.2) is 0 Å². The Morgan fingerprint density at radius 2 is 1.75 bits per heavy atom. The second-order valence-corrected chi connectivity index (χ2v) is 4.75. The molecule has 0 heterocycles. The van der Waals surface area contributed by atoms with E-state index in [1.54, 1.807) is 0 Å². The van der Waals surface area contributed by atoms with Gasteiger partial charge in [0.05, 0.1) is 6.04 Å². The van der Waals surface area contributed by atoms with Gasteiger partial charge in [-0.2, -0.15) is 0 Å². The van der Waals surface area contributed by atoms with Crippen molar-refractivity contribution in [1.82, 2.24) is 5.32 Å². The molecule has 0 aliphatic carbocycles. The molecule has 0 bridgehead atoms.